The number of aliphatic hydroxyl groups is 1. The molecule has 4 aliphatic carbocycles. The van der Waals surface area contributed by atoms with E-state index >= 15 is 0 Å². The second kappa shape index (κ2) is 3.94. The molecule has 4 saturated carbocycles. The first-order chi connectivity index (χ1) is 8.28. The van der Waals surface area contributed by atoms with Crippen LogP contribution >= 0.6 is 0 Å². The molecule has 0 atom stereocenters. The van der Waals surface area contributed by atoms with Gasteiger partial charge in [0.25, 0.3) is 0 Å². The van der Waals surface area contributed by atoms with Crippen LogP contribution in [0.5, 0.6) is 0 Å². The highest BCUT2D eigenvalue weighted by atomic mass is 16.3. The van der Waals surface area contributed by atoms with E-state index in [1.54, 1.807) is 0 Å². The summed E-state index contributed by atoms with van der Waals surface area (Å²) in [5.41, 5.74) is 0. The summed E-state index contributed by atoms with van der Waals surface area (Å²) >= 11 is 0. The Bertz CT molecular complexity index is 273. The van der Waals surface area contributed by atoms with Gasteiger partial charge in [-0.25, -0.2) is 0 Å². The van der Waals surface area contributed by atoms with Gasteiger partial charge in [-0.3, -0.25) is 4.90 Å². The van der Waals surface area contributed by atoms with Crippen LogP contribution in [0.15, 0.2) is 0 Å². The number of aliphatic hydroxyl groups excluding tert-OH is 1. The number of hydrogen-bond acceptors (Lipinski definition) is 3. The van der Waals surface area contributed by atoms with Crippen LogP contribution in [0.2, 0.25) is 0 Å². The Morgan fingerprint density at radius 3 is 2.06 bits per heavy atom. The van der Waals surface area contributed by atoms with Gasteiger partial charge in [0.15, 0.2) is 0 Å². The molecule has 5 aliphatic rings. The largest absolute Gasteiger partial charge is 0.390 e. The van der Waals surface area contributed by atoms with E-state index in [1.165, 1.54) is 32.1 Å². The first kappa shape index (κ1) is 10.8. The third kappa shape index (κ3) is 1.83. The summed E-state index contributed by atoms with van der Waals surface area (Å²) in [6, 6.07) is 0.792. The van der Waals surface area contributed by atoms with E-state index in [1.807, 2.05) is 0 Å². The summed E-state index contributed by atoms with van der Waals surface area (Å²) in [6.07, 6.45) is 7.45. The van der Waals surface area contributed by atoms with E-state index < -0.39 is 0 Å². The van der Waals surface area contributed by atoms with Crippen LogP contribution in [0, 0.1) is 23.7 Å². The predicted octanol–water partition coefficient (Wildman–Crippen LogP) is 1.03. The Labute approximate surface area is 104 Å². The van der Waals surface area contributed by atoms with E-state index in [0.29, 0.717) is 0 Å². The average Bonchev–Trinajstić information content (AvgIpc) is 2.24. The zero-order chi connectivity index (χ0) is 11.4. The first-order valence-corrected chi connectivity index (χ1v) is 7.41. The molecule has 0 aromatic heterocycles. The molecule has 17 heavy (non-hydrogen) atoms. The molecule has 0 radical (unpaired) electrons. The quantitative estimate of drug-likeness (QED) is 0.768. The van der Waals surface area contributed by atoms with Gasteiger partial charge in [0.2, 0.25) is 0 Å². The molecule has 0 amide bonds. The molecule has 5 fully saturated rings. The summed E-state index contributed by atoms with van der Waals surface area (Å²) in [7, 11) is 0. The molecule has 1 aliphatic heterocycles. The van der Waals surface area contributed by atoms with Crippen molar-refractivity contribution >= 4 is 0 Å². The van der Waals surface area contributed by atoms with Gasteiger partial charge in [-0.15, -0.1) is 0 Å². The molecule has 1 saturated heterocycles. The van der Waals surface area contributed by atoms with Crippen molar-refractivity contribution in [2.24, 2.45) is 23.7 Å². The maximum Gasteiger partial charge on any atom is 0.0794 e. The van der Waals surface area contributed by atoms with Crippen molar-refractivity contribution in [3.63, 3.8) is 0 Å². The van der Waals surface area contributed by atoms with Crippen LogP contribution in [0.4, 0.5) is 0 Å². The van der Waals surface area contributed by atoms with Gasteiger partial charge in [0.1, 0.15) is 0 Å². The highest BCUT2D eigenvalue weighted by Gasteiger charge is 2.48. The summed E-state index contributed by atoms with van der Waals surface area (Å²) < 4.78 is 0. The van der Waals surface area contributed by atoms with Gasteiger partial charge in [-0.1, -0.05) is 0 Å². The Hall–Kier alpha value is -0.120. The minimum atomic E-state index is -0.0599. The van der Waals surface area contributed by atoms with Crippen LogP contribution in [0.1, 0.15) is 32.1 Å². The summed E-state index contributed by atoms with van der Waals surface area (Å²) in [4.78, 5) is 2.33. The molecule has 4 bridgehead atoms. The molecular weight excluding hydrogens is 212 g/mol. The normalized spacial score (nSPS) is 49.6. The van der Waals surface area contributed by atoms with Crippen LogP contribution < -0.4 is 5.32 Å². The Kier molecular flexibility index (Phi) is 2.50. The molecule has 5 rings (SSSR count). The second-order valence-electron chi connectivity index (χ2n) is 7.01. The number of hydrogen-bond donors (Lipinski definition) is 2. The minimum Gasteiger partial charge on any atom is -0.390 e. The van der Waals surface area contributed by atoms with Crippen molar-refractivity contribution in [1.82, 2.24) is 10.2 Å². The van der Waals surface area contributed by atoms with Crippen molar-refractivity contribution in [3.8, 4) is 0 Å². The van der Waals surface area contributed by atoms with Crippen LogP contribution in [0.3, 0.4) is 0 Å². The summed E-state index contributed by atoms with van der Waals surface area (Å²) in [5.74, 6) is 4.08. The lowest BCUT2D eigenvalue weighted by Gasteiger charge is -2.55. The smallest absolute Gasteiger partial charge is 0.0794 e. The lowest BCUT2D eigenvalue weighted by Crippen LogP contribution is -2.60. The van der Waals surface area contributed by atoms with Gasteiger partial charge in [-0.2, -0.15) is 0 Å². The third-order valence-electron chi connectivity index (χ3n) is 5.72. The maximum atomic E-state index is 9.29. The van der Waals surface area contributed by atoms with Crippen LogP contribution in [-0.4, -0.2) is 41.9 Å². The average molecular weight is 236 g/mol. The second-order valence-corrected chi connectivity index (χ2v) is 7.01. The lowest BCUT2D eigenvalue weighted by molar-refractivity contribution is -0.0382. The monoisotopic (exact) mass is 236 g/mol. The van der Waals surface area contributed by atoms with Gasteiger partial charge in [0, 0.05) is 25.8 Å². The topological polar surface area (TPSA) is 35.5 Å². The van der Waals surface area contributed by atoms with Crippen molar-refractivity contribution in [3.05, 3.63) is 0 Å². The van der Waals surface area contributed by atoms with Crippen molar-refractivity contribution in [1.29, 1.82) is 0 Å². The van der Waals surface area contributed by atoms with Gasteiger partial charge < -0.3 is 10.4 Å². The highest BCUT2D eigenvalue weighted by molar-refractivity contribution is 5.01. The molecule has 0 unspecified atom stereocenters. The lowest BCUT2D eigenvalue weighted by atomic mass is 9.54. The third-order valence-corrected chi connectivity index (χ3v) is 5.72. The summed E-state index contributed by atoms with van der Waals surface area (Å²) in [5, 5.41) is 13.1. The molecule has 3 nitrogen and oxygen atoms in total. The van der Waals surface area contributed by atoms with Crippen molar-refractivity contribution in [2.75, 3.05) is 19.8 Å². The Morgan fingerprint density at radius 1 is 0.941 bits per heavy atom. The molecule has 0 aromatic carbocycles. The number of rotatable bonds is 3. The zero-order valence-electron chi connectivity index (χ0n) is 10.5. The molecule has 2 N–H and O–H groups in total. The van der Waals surface area contributed by atoms with Crippen molar-refractivity contribution in [2.45, 2.75) is 44.2 Å². The first-order valence-electron chi connectivity index (χ1n) is 7.41. The molecule has 0 aromatic rings. The fourth-order valence-electron chi connectivity index (χ4n) is 5.16. The van der Waals surface area contributed by atoms with E-state index in [0.717, 1.165) is 49.5 Å². The van der Waals surface area contributed by atoms with Gasteiger partial charge >= 0.3 is 0 Å². The SMILES string of the molecule is OC1CN(CN[C@H]2[C@H]3C[C@H]4C[C@H](C3)C[C@H]2C4)C1. The Balaban J connectivity index is 1.35. The number of β-amino-alcohol motifs (C(OH)–C–C–N with tert-alkyl or cyclic N) is 1. The van der Waals surface area contributed by atoms with Gasteiger partial charge in [-0.05, 0) is 55.8 Å². The maximum absolute atomic E-state index is 9.29. The van der Waals surface area contributed by atoms with Crippen LogP contribution in [0.25, 0.3) is 0 Å². The standard InChI is InChI=1S/C14H24N2O/c17-13-6-16(7-13)8-15-14-11-2-9-1-10(4-11)5-12(14)3-9/h9-15,17H,1-8H2/t9-,10-,11-,12+,14+. The van der Waals surface area contributed by atoms with E-state index in [4.69, 9.17) is 0 Å². The highest BCUT2D eigenvalue weighted by Crippen LogP contribution is 2.53. The van der Waals surface area contributed by atoms with E-state index in [-0.39, 0.29) is 6.10 Å². The zero-order valence-corrected chi connectivity index (χ0v) is 10.5. The van der Waals surface area contributed by atoms with E-state index in [9.17, 15) is 5.11 Å². The summed E-state index contributed by atoms with van der Waals surface area (Å²) in [6.45, 7) is 2.75. The fourth-order valence-corrected chi connectivity index (χ4v) is 5.16. The van der Waals surface area contributed by atoms with Crippen molar-refractivity contribution < 1.29 is 5.11 Å². The number of likely N-dealkylation sites (tertiary alicyclic amines) is 1. The predicted molar refractivity (Wildman–Crippen MR) is 66.4 cm³/mol. The number of nitrogens with zero attached hydrogens (tertiary/aromatic N) is 1. The Morgan fingerprint density at radius 2 is 1.53 bits per heavy atom. The molecule has 3 heteroatoms. The molecule has 0 spiro atoms. The minimum absolute atomic E-state index is 0.0599. The van der Waals surface area contributed by atoms with Crippen LogP contribution in [-0.2, 0) is 0 Å². The van der Waals surface area contributed by atoms with Gasteiger partial charge in [0.05, 0.1) is 6.10 Å². The number of nitrogens with one attached hydrogen (secondary N) is 1. The fraction of sp³-hybridized carbons (Fsp3) is 1.00. The van der Waals surface area contributed by atoms with E-state index in [2.05, 4.69) is 10.2 Å². The molecular formula is C14H24N2O. The molecule has 96 valence electrons. The molecule has 1 heterocycles.